The third-order valence-electron chi connectivity index (χ3n) is 10.4. The van der Waals surface area contributed by atoms with E-state index in [0.717, 1.165) is 76.1 Å². The lowest BCUT2D eigenvalue weighted by atomic mass is 9.85. The first kappa shape index (κ1) is 21.4. The lowest BCUT2D eigenvalue weighted by Gasteiger charge is -2.18. The number of benzene rings is 10. The van der Waals surface area contributed by atoms with Crippen LogP contribution in [0.15, 0.2) is 198 Å². The van der Waals surface area contributed by atoms with Crippen LogP contribution in [0.5, 0.6) is 0 Å². The standard InChI is InChI=1S/C52H32O/c1-3-14-33(15-4-1)35-26-29-46-49(32-35)53-48-25-13-24-45(52(46)48)47-31-37-30-36(27-28-38(37)39-18-7-8-19-40(39)47)51-43-22-11-9-20-41(43)50(34-16-5-2-6-17-34)42-21-10-12-23-44(42)51/h1-32H/i1D,2D,3D,4D,5D,6D,14D,15D,16D,17D. The highest BCUT2D eigenvalue weighted by molar-refractivity contribution is 6.23. The molecule has 246 valence electrons. The Morgan fingerprint density at radius 3 is 1.58 bits per heavy atom. The highest BCUT2D eigenvalue weighted by atomic mass is 16.3. The Morgan fingerprint density at radius 2 is 0.906 bits per heavy atom. The molecular formula is C52H32O. The second-order valence-corrected chi connectivity index (χ2v) is 13.2. The van der Waals surface area contributed by atoms with Crippen LogP contribution < -0.4 is 0 Å². The van der Waals surface area contributed by atoms with Gasteiger partial charge in [-0.05, 0) is 118 Å². The van der Waals surface area contributed by atoms with Gasteiger partial charge in [-0.3, -0.25) is 0 Å². The molecule has 1 aromatic heterocycles. The molecule has 0 saturated carbocycles. The van der Waals surface area contributed by atoms with Crippen molar-refractivity contribution < 1.29 is 18.1 Å². The van der Waals surface area contributed by atoms with E-state index < -0.39 is 24.2 Å². The van der Waals surface area contributed by atoms with Crippen LogP contribution in [-0.4, -0.2) is 0 Å². The van der Waals surface area contributed by atoms with E-state index in [1.165, 1.54) is 0 Å². The molecule has 0 saturated heterocycles. The normalized spacial score (nSPS) is 14.4. The molecule has 0 spiro atoms. The van der Waals surface area contributed by atoms with Crippen molar-refractivity contribution in [2.75, 3.05) is 0 Å². The summed E-state index contributed by atoms with van der Waals surface area (Å²) >= 11 is 0. The maximum atomic E-state index is 8.94. The molecule has 0 amide bonds. The molecule has 0 atom stereocenters. The van der Waals surface area contributed by atoms with E-state index in [9.17, 15) is 0 Å². The average Bonchev–Trinajstić information content (AvgIpc) is 3.69. The molecule has 0 unspecified atom stereocenters. The van der Waals surface area contributed by atoms with Crippen LogP contribution >= 0.6 is 0 Å². The number of hydrogen-bond acceptors (Lipinski definition) is 1. The topological polar surface area (TPSA) is 13.1 Å². The van der Waals surface area contributed by atoms with Gasteiger partial charge >= 0.3 is 0 Å². The average molecular weight is 683 g/mol. The lowest BCUT2D eigenvalue weighted by Crippen LogP contribution is -1.91. The number of hydrogen-bond donors (Lipinski definition) is 0. The smallest absolute Gasteiger partial charge is 0.136 e. The Morgan fingerprint density at radius 1 is 0.340 bits per heavy atom. The van der Waals surface area contributed by atoms with Crippen molar-refractivity contribution >= 4 is 65.0 Å². The zero-order valence-electron chi connectivity index (χ0n) is 38.1. The molecule has 1 heteroatoms. The molecule has 1 nitrogen and oxygen atoms in total. The molecule has 11 aromatic rings. The molecule has 10 aromatic carbocycles. The largest absolute Gasteiger partial charge is 0.456 e. The van der Waals surface area contributed by atoms with Crippen LogP contribution in [0.4, 0.5) is 0 Å². The van der Waals surface area contributed by atoms with E-state index in [-0.39, 0.29) is 47.4 Å². The molecule has 0 radical (unpaired) electrons. The van der Waals surface area contributed by atoms with Gasteiger partial charge in [0.15, 0.2) is 0 Å². The Kier molecular flexibility index (Phi) is 4.77. The molecule has 1 heterocycles. The van der Waals surface area contributed by atoms with Gasteiger partial charge in [-0.25, -0.2) is 0 Å². The highest BCUT2D eigenvalue weighted by Crippen LogP contribution is 2.46. The summed E-state index contributed by atoms with van der Waals surface area (Å²) in [5, 5.41) is 9.21. The fraction of sp³-hybridized carbons (Fsp3) is 0. The van der Waals surface area contributed by atoms with Crippen molar-refractivity contribution in [3.63, 3.8) is 0 Å². The third kappa shape index (κ3) is 4.64. The first-order valence-electron chi connectivity index (χ1n) is 22.4. The fourth-order valence-electron chi connectivity index (χ4n) is 8.18. The molecule has 11 rings (SSSR count). The molecule has 0 aliphatic heterocycles. The van der Waals surface area contributed by atoms with Gasteiger partial charge in [-0.15, -0.1) is 0 Å². The van der Waals surface area contributed by atoms with Gasteiger partial charge < -0.3 is 4.42 Å². The van der Waals surface area contributed by atoms with Crippen molar-refractivity contribution in [2.45, 2.75) is 0 Å². The van der Waals surface area contributed by atoms with E-state index in [2.05, 4.69) is 42.5 Å². The number of rotatable bonds is 4. The van der Waals surface area contributed by atoms with Crippen LogP contribution in [0.3, 0.4) is 0 Å². The summed E-state index contributed by atoms with van der Waals surface area (Å²) in [7, 11) is 0. The van der Waals surface area contributed by atoms with Gasteiger partial charge in [0.25, 0.3) is 0 Å². The predicted molar refractivity (Wildman–Crippen MR) is 225 cm³/mol. The van der Waals surface area contributed by atoms with Gasteiger partial charge in [0, 0.05) is 10.8 Å². The van der Waals surface area contributed by atoms with Crippen LogP contribution in [0.25, 0.3) is 110 Å². The molecule has 53 heavy (non-hydrogen) atoms. The summed E-state index contributed by atoms with van der Waals surface area (Å²) in [6, 6.07) is 40.6. The molecule has 0 aliphatic carbocycles. The lowest BCUT2D eigenvalue weighted by molar-refractivity contribution is 0.669. The first-order chi connectivity index (χ1) is 30.4. The summed E-state index contributed by atoms with van der Waals surface area (Å²) in [4.78, 5) is 0. The second kappa shape index (κ2) is 11.8. The second-order valence-electron chi connectivity index (χ2n) is 13.2. The van der Waals surface area contributed by atoms with Crippen LogP contribution in [0.1, 0.15) is 13.7 Å². The highest BCUT2D eigenvalue weighted by Gasteiger charge is 2.19. The van der Waals surface area contributed by atoms with Crippen molar-refractivity contribution in [1.82, 2.24) is 0 Å². The SMILES string of the molecule is [2H]c1c([2H])c([2H])c(-c2ccc3c(c2)oc2cccc(-c4cc5cc(-c6c7ccccc7c(-c7c([2H])c([2H])c([2H])c([2H])c7[2H])c7ccccc67)ccc5c5ccccc45)c23)c([2H])c1[2H]. The Labute approximate surface area is 321 Å². The Balaban J connectivity index is 1.15. The van der Waals surface area contributed by atoms with E-state index in [1.807, 2.05) is 78.9 Å². The summed E-state index contributed by atoms with van der Waals surface area (Å²) in [5.74, 6) is 0. The van der Waals surface area contributed by atoms with Gasteiger partial charge in [0.05, 0.1) is 13.7 Å². The van der Waals surface area contributed by atoms with E-state index >= 15 is 0 Å². The zero-order chi connectivity index (χ0) is 43.6. The number of fused-ring (bicyclic) bond motifs is 8. The molecule has 0 fully saturated rings. The van der Waals surface area contributed by atoms with E-state index in [4.69, 9.17) is 18.1 Å². The third-order valence-corrected chi connectivity index (χ3v) is 10.4. The van der Waals surface area contributed by atoms with E-state index in [1.54, 1.807) is 12.1 Å². The van der Waals surface area contributed by atoms with Gasteiger partial charge in [0.2, 0.25) is 0 Å². The molecular weight excluding hydrogens is 641 g/mol. The number of furan rings is 1. The van der Waals surface area contributed by atoms with Gasteiger partial charge in [0.1, 0.15) is 11.2 Å². The monoisotopic (exact) mass is 682 g/mol. The Hall–Kier alpha value is -6.96. The van der Waals surface area contributed by atoms with E-state index in [0.29, 0.717) is 22.3 Å². The summed E-state index contributed by atoms with van der Waals surface area (Å²) in [6.45, 7) is 0. The van der Waals surface area contributed by atoms with Crippen LogP contribution in [0.2, 0.25) is 0 Å². The van der Waals surface area contributed by atoms with Crippen molar-refractivity contribution in [3.05, 3.63) is 194 Å². The first-order valence-corrected chi connectivity index (χ1v) is 17.4. The van der Waals surface area contributed by atoms with Gasteiger partial charge in [-0.2, -0.15) is 0 Å². The maximum Gasteiger partial charge on any atom is 0.136 e. The Bertz CT molecular complexity index is 3700. The minimum Gasteiger partial charge on any atom is -0.456 e. The van der Waals surface area contributed by atoms with Crippen LogP contribution in [0, 0.1) is 0 Å². The minimum absolute atomic E-state index is 0.115. The summed E-state index contributed by atoms with van der Waals surface area (Å²) in [5.41, 5.74) is 6.37. The minimum atomic E-state index is -0.440. The van der Waals surface area contributed by atoms with Crippen molar-refractivity contribution in [2.24, 2.45) is 0 Å². The molecule has 0 bridgehead atoms. The predicted octanol–water partition coefficient (Wildman–Crippen LogP) is 14.9. The van der Waals surface area contributed by atoms with Gasteiger partial charge in [-0.1, -0.05) is 164 Å². The zero-order valence-corrected chi connectivity index (χ0v) is 28.1. The fourth-order valence-corrected chi connectivity index (χ4v) is 8.18. The van der Waals surface area contributed by atoms with Crippen molar-refractivity contribution in [3.8, 4) is 44.5 Å². The molecule has 0 N–H and O–H groups in total. The summed E-state index contributed by atoms with van der Waals surface area (Å²) in [6.07, 6.45) is 0. The van der Waals surface area contributed by atoms with Crippen molar-refractivity contribution in [1.29, 1.82) is 0 Å². The summed E-state index contributed by atoms with van der Waals surface area (Å²) < 4.78 is 91.3. The maximum absolute atomic E-state index is 8.94. The van der Waals surface area contributed by atoms with Crippen LogP contribution in [-0.2, 0) is 0 Å². The molecule has 0 aliphatic rings. The quantitative estimate of drug-likeness (QED) is 0.133.